The van der Waals surface area contributed by atoms with Gasteiger partial charge in [0.1, 0.15) is 0 Å². The Kier molecular flexibility index (Phi) is 6.48. The van der Waals surface area contributed by atoms with Gasteiger partial charge in [0.05, 0.1) is 0 Å². The fourth-order valence-electron chi connectivity index (χ4n) is 0.811. The SMILES string of the molecule is N=CCCCCCC(=N)C=N. The van der Waals surface area contributed by atoms with Crippen molar-refractivity contribution < 1.29 is 0 Å². The number of nitrogens with one attached hydrogen (secondary N) is 3. The van der Waals surface area contributed by atoms with Gasteiger partial charge in [0.25, 0.3) is 0 Å². The first kappa shape index (κ1) is 10.0. The molecule has 0 bridgehead atoms. The molecular formula is C8H15N3. The van der Waals surface area contributed by atoms with E-state index in [0.29, 0.717) is 12.1 Å². The smallest absolute Gasteiger partial charge is 0.0489 e. The average molecular weight is 153 g/mol. The van der Waals surface area contributed by atoms with Gasteiger partial charge in [-0.25, -0.2) is 0 Å². The normalized spacial score (nSPS) is 9.09. The van der Waals surface area contributed by atoms with Crippen molar-refractivity contribution in [2.45, 2.75) is 32.1 Å². The number of rotatable bonds is 7. The third-order valence-electron chi connectivity index (χ3n) is 1.47. The van der Waals surface area contributed by atoms with E-state index in [2.05, 4.69) is 0 Å². The Balaban J connectivity index is 3.07. The standard InChI is InChI=1S/C8H15N3/c9-6-4-2-1-3-5-8(11)7-10/h6-7,9-11H,1-5H2. The molecule has 0 aliphatic rings. The molecule has 0 saturated heterocycles. The van der Waals surface area contributed by atoms with Crippen molar-refractivity contribution in [2.75, 3.05) is 0 Å². The van der Waals surface area contributed by atoms with Gasteiger partial charge < -0.3 is 16.2 Å². The zero-order valence-corrected chi connectivity index (χ0v) is 6.69. The highest BCUT2D eigenvalue weighted by molar-refractivity contribution is 6.27. The maximum absolute atomic E-state index is 7.13. The van der Waals surface area contributed by atoms with Crippen LogP contribution in [0.5, 0.6) is 0 Å². The van der Waals surface area contributed by atoms with E-state index in [1.54, 1.807) is 0 Å². The van der Waals surface area contributed by atoms with E-state index < -0.39 is 0 Å². The van der Waals surface area contributed by atoms with E-state index >= 15 is 0 Å². The molecule has 11 heavy (non-hydrogen) atoms. The number of hydrogen-bond acceptors (Lipinski definition) is 3. The summed E-state index contributed by atoms with van der Waals surface area (Å²) in [5, 5.41) is 20.6. The molecule has 0 amide bonds. The summed E-state index contributed by atoms with van der Waals surface area (Å²) in [4.78, 5) is 0. The van der Waals surface area contributed by atoms with Gasteiger partial charge >= 0.3 is 0 Å². The predicted octanol–water partition coefficient (Wildman–Crippen LogP) is 2.26. The lowest BCUT2D eigenvalue weighted by atomic mass is 10.1. The van der Waals surface area contributed by atoms with Crippen molar-refractivity contribution in [3.63, 3.8) is 0 Å². The predicted molar refractivity (Wildman–Crippen MR) is 48.4 cm³/mol. The number of unbranched alkanes of at least 4 members (excludes halogenated alkanes) is 3. The van der Waals surface area contributed by atoms with Crippen molar-refractivity contribution in [3.05, 3.63) is 0 Å². The second-order valence-corrected chi connectivity index (χ2v) is 2.47. The highest BCUT2D eigenvalue weighted by Crippen LogP contribution is 2.01. The minimum absolute atomic E-state index is 0.403. The third kappa shape index (κ3) is 6.90. The largest absolute Gasteiger partial charge is 0.313 e. The molecule has 0 radical (unpaired) electrons. The van der Waals surface area contributed by atoms with Crippen molar-refractivity contribution >= 4 is 18.1 Å². The molecule has 0 aliphatic heterocycles. The monoisotopic (exact) mass is 153 g/mol. The molecule has 0 aliphatic carbocycles. The summed E-state index contributed by atoms with van der Waals surface area (Å²) in [7, 11) is 0. The molecule has 0 aromatic rings. The quantitative estimate of drug-likeness (QED) is 0.371. The van der Waals surface area contributed by atoms with Crippen LogP contribution in [0.2, 0.25) is 0 Å². The fraction of sp³-hybridized carbons (Fsp3) is 0.625. The number of hydrogen-bond donors (Lipinski definition) is 3. The highest BCUT2D eigenvalue weighted by atomic mass is 14.4. The zero-order valence-electron chi connectivity index (χ0n) is 6.69. The fourth-order valence-corrected chi connectivity index (χ4v) is 0.811. The molecular weight excluding hydrogens is 138 g/mol. The van der Waals surface area contributed by atoms with E-state index in [4.69, 9.17) is 16.2 Å². The van der Waals surface area contributed by atoms with Crippen LogP contribution in [0.15, 0.2) is 0 Å². The Hall–Kier alpha value is -0.990. The first-order valence-electron chi connectivity index (χ1n) is 3.88. The Morgan fingerprint density at radius 1 is 1.09 bits per heavy atom. The van der Waals surface area contributed by atoms with Gasteiger partial charge in [-0.3, -0.25) is 0 Å². The lowest BCUT2D eigenvalue weighted by Crippen LogP contribution is -1.95. The summed E-state index contributed by atoms with van der Waals surface area (Å²) < 4.78 is 0. The molecule has 3 nitrogen and oxygen atoms in total. The van der Waals surface area contributed by atoms with Crippen molar-refractivity contribution in [1.82, 2.24) is 0 Å². The Bertz CT molecular complexity index is 140. The second-order valence-electron chi connectivity index (χ2n) is 2.47. The van der Waals surface area contributed by atoms with Crippen LogP contribution in [0.4, 0.5) is 0 Å². The molecule has 0 aromatic heterocycles. The topological polar surface area (TPSA) is 71.6 Å². The molecule has 0 rings (SSSR count). The van der Waals surface area contributed by atoms with Gasteiger partial charge in [0, 0.05) is 11.9 Å². The van der Waals surface area contributed by atoms with E-state index in [-0.39, 0.29) is 0 Å². The van der Waals surface area contributed by atoms with Crippen molar-refractivity contribution in [3.8, 4) is 0 Å². The maximum atomic E-state index is 7.13. The molecule has 0 aromatic carbocycles. The van der Waals surface area contributed by atoms with Gasteiger partial charge in [0.2, 0.25) is 0 Å². The van der Waals surface area contributed by atoms with Crippen LogP contribution in [0.25, 0.3) is 0 Å². The Labute approximate surface area is 67.3 Å². The second kappa shape index (κ2) is 7.12. The van der Waals surface area contributed by atoms with Gasteiger partial charge in [-0.15, -0.1) is 0 Å². The van der Waals surface area contributed by atoms with E-state index in [1.807, 2.05) is 0 Å². The molecule has 0 heterocycles. The summed E-state index contributed by atoms with van der Waals surface area (Å²) in [6.07, 6.45) is 7.14. The lowest BCUT2D eigenvalue weighted by molar-refractivity contribution is 0.720. The highest BCUT2D eigenvalue weighted by Gasteiger charge is 1.91. The summed E-state index contributed by atoms with van der Waals surface area (Å²) in [6.45, 7) is 0. The zero-order chi connectivity index (χ0) is 8.53. The Morgan fingerprint density at radius 3 is 2.36 bits per heavy atom. The summed E-state index contributed by atoms with van der Waals surface area (Å²) in [5.41, 5.74) is 0.403. The van der Waals surface area contributed by atoms with E-state index in [9.17, 15) is 0 Å². The van der Waals surface area contributed by atoms with Crippen LogP contribution >= 0.6 is 0 Å². The van der Waals surface area contributed by atoms with Crippen LogP contribution in [-0.4, -0.2) is 18.1 Å². The first-order chi connectivity index (χ1) is 5.31. The molecule has 3 N–H and O–H groups in total. The van der Waals surface area contributed by atoms with Crippen LogP contribution in [-0.2, 0) is 0 Å². The molecule has 3 heteroatoms. The van der Waals surface area contributed by atoms with Crippen molar-refractivity contribution in [1.29, 1.82) is 16.2 Å². The van der Waals surface area contributed by atoms with E-state index in [0.717, 1.165) is 31.9 Å². The molecule has 0 saturated carbocycles. The summed E-state index contributed by atoms with van der Waals surface area (Å²) in [5.74, 6) is 0. The molecule has 0 spiro atoms. The lowest BCUT2D eigenvalue weighted by Gasteiger charge is -1.96. The van der Waals surface area contributed by atoms with Crippen LogP contribution in [0.1, 0.15) is 32.1 Å². The van der Waals surface area contributed by atoms with Gasteiger partial charge in [-0.2, -0.15) is 0 Å². The molecule has 0 atom stereocenters. The van der Waals surface area contributed by atoms with Crippen LogP contribution in [0.3, 0.4) is 0 Å². The summed E-state index contributed by atoms with van der Waals surface area (Å²) in [6, 6.07) is 0. The third-order valence-corrected chi connectivity index (χ3v) is 1.47. The van der Waals surface area contributed by atoms with Gasteiger partial charge in [-0.05, 0) is 31.9 Å². The average Bonchev–Trinajstić information content (AvgIpc) is 2.04. The first-order valence-corrected chi connectivity index (χ1v) is 3.88. The molecule has 62 valence electrons. The molecule has 0 unspecified atom stereocenters. The van der Waals surface area contributed by atoms with Crippen molar-refractivity contribution in [2.24, 2.45) is 0 Å². The Morgan fingerprint density at radius 2 is 1.82 bits per heavy atom. The molecule has 0 fully saturated rings. The maximum Gasteiger partial charge on any atom is 0.0489 e. The minimum atomic E-state index is 0.403. The summed E-state index contributed by atoms with van der Waals surface area (Å²) >= 11 is 0. The van der Waals surface area contributed by atoms with Crippen LogP contribution < -0.4 is 0 Å². The van der Waals surface area contributed by atoms with Crippen LogP contribution in [0, 0.1) is 16.2 Å². The van der Waals surface area contributed by atoms with Gasteiger partial charge in [-0.1, -0.05) is 6.42 Å². The van der Waals surface area contributed by atoms with E-state index in [1.165, 1.54) is 6.21 Å². The minimum Gasteiger partial charge on any atom is -0.313 e. The van der Waals surface area contributed by atoms with Gasteiger partial charge in [0.15, 0.2) is 0 Å².